The molecule has 0 radical (unpaired) electrons. The smallest absolute Gasteiger partial charge is 0.222 e. The van der Waals surface area contributed by atoms with Gasteiger partial charge in [0.15, 0.2) is 0 Å². The summed E-state index contributed by atoms with van der Waals surface area (Å²) in [7, 11) is 1.67. The van der Waals surface area contributed by atoms with E-state index in [9.17, 15) is 14.7 Å². The minimum Gasteiger partial charge on any atom is -0.393 e. The van der Waals surface area contributed by atoms with Crippen LogP contribution in [0.2, 0.25) is 0 Å². The lowest BCUT2D eigenvalue weighted by atomic mass is 9.86. The number of aliphatic hydroxyl groups excluding tert-OH is 1. The molecule has 0 aliphatic carbocycles. The van der Waals surface area contributed by atoms with Crippen LogP contribution in [0.3, 0.4) is 0 Å². The highest BCUT2D eigenvalue weighted by molar-refractivity contribution is 5.77. The number of piperidine rings is 1. The predicted molar refractivity (Wildman–Crippen MR) is 116 cm³/mol. The Morgan fingerprint density at radius 3 is 2.66 bits per heavy atom. The molecule has 5 heteroatoms. The number of unbranched alkanes of at least 4 members (excludes halogenated alkanes) is 3. The molecule has 1 aromatic carbocycles. The van der Waals surface area contributed by atoms with Crippen molar-refractivity contribution in [2.24, 2.45) is 5.92 Å². The average molecular weight is 403 g/mol. The molecule has 2 rings (SSSR count). The number of nitrogens with one attached hydrogen (secondary N) is 1. The maximum atomic E-state index is 12.5. The van der Waals surface area contributed by atoms with Crippen molar-refractivity contribution in [1.82, 2.24) is 10.2 Å². The van der Waals surface area contributed by atoms with Crippen molar-refractivity contribution in [2.75, 3.05) is 13.6 Å². The summed E-state index contributed by atoms with van der Waals surface area (Å²) in [6.07, 6.45) is 8.15. The number of hydrogen-bond donors (Lipinski definition) is 2. The van der Waals surface area contributed by atoms with Gasteiger partial charge in [-0.3, -0.25) is 9.59 Å². The Morgan fingerprint density at radius 1 is 1.21 bits per heavy atom. The summed E-state index contributed by atoms with van der Waals surface area (Å²) in [4.78, 5) is 25.9. The first-order valence-corrected chi connectivity index (χ1v) is 11.2. The fourth-order valence-electron chi connectivity index (χ4n) is 4.43. The maximum Gasteiger partial charge on any atom is 0.222 e. The van der Waals surface area contributed by atoms with Crippen LogP contribution in [0.25, 0.3) is 0 Å². The van der Waals surface area contributed by atoms with Gasteiger partial charge in [-0.15, -0.1) is 0 Å². The number of likely N-dealkylation sites (tertiary alicyclic amines) is 1. The van der Waals surface area contributed by atoms with Crippen LogP contribution in [0, 0.1) is 5.92 Å². The summed E-state index contributed by atoms with van der Waals surface area (Å²) < 4.78 is 0. The van der Waals surface area contributed by atoms with Gasteiger partial charge in [-0.05, 0) is 50.0 Å². The summed E-state index contributed by atoms with van der Waals surface area (Å²) in [5, 5.41) is 13.2. The van der Waals surface area contributed by atoms with E-state index in [0.717, 1.165) is 57.1 Å². The summed E-state index contributed by atoms with van der Waals surface area (Å²) in [6.45, 7) is 2.97. The van der Waals surface area contributed by atoms with E-state index in [1.807, 2.05) is 18.2 Å². The Hall–Kier alpha value is -1.88. The van der Waals surface area contributed by atoms with Gasteiger partial charge in [0, 0.05) is 32.5 Å². The van der Waals surface area contributed by atoms with Gasteiger partial charge in [0.2, 0.25) is 11.8 Å². The quantitative estimate of drug-likeness (QED) is 0.524. The van der Waals surface area contributed by atoms with Gasteiger partial charge in [-0.25, -0.2) is 0 Å². The second-order valence-electron chi connectivity index (χ2n) is 8.44. The number of carbonyl (C=O) groups is 2. The molecule has 0 saturated carbocycles. The molecule has 1 aliphatic heterocycles. The van der Waals surface area contributed by atoms with Crippen LogP contribution in [-0.4, -0.2) is 47.6 Å². The highest BCUT2D eigenvalue weighted by Crippen LogP contribution is 2.28. The molecular weight excluding hydrogens is 364 g/mol. The first kappa shape index (κ1) is 23.4. The maximum absolute atomic E-state index is 12.5. The molecule has 2 N–H and O–H groups in total. The Bertz CT molecular complexity index is 620. The van der Waals surface area contributed by atoms with Crippen LogP contribution in [0.1, 0.15) is 70.3 Å². The molecule has 2 amide bonds. The van der Waals surface area contributed by atoms with Crippen molar-refractivity contribution in [3.05, 3.63) is 35.9 Å². The number of nitrogens with zero attached hydrogens (tertiary/aromatic N) is 1. The summed E-state index contributed by atoms with van der Waals surface area (Å²) in [6, 6.07) is 10.3. The fraction of sp³-hybridized carbons (Fsp3) is 0.667. The lowest BCUT2D eigenvalue weighted by Crippen LogP contribution is -2.48. The van der Waals surface area contributed by atoms with E-state index in [4.69, 9.17) is 0 Å². The molecule has 162 valence electrons. The number of aliphatic hydroxyl groups is 1. The monoisotopic (exact) mass is 402 g/mol. The topological polar surface area (TPSA) is 69.6 Å². The molecule has 3 atom stereocenters. The van der Waals surface area contributed by atoms with Crippen molar-refractivity contribution < 1.29 is 14.7 Å². The van der Waals surface area contributed by atoms with Gasteiger partial charge in [-0.1, -0.05) is 50.1 Å². The highest BCUT2D eigenvalue weighted by atomic mass is 16.3. The van der Waals surface area contributed by atoms with Crippen LogP contribution in [0.15, 0.2) is 30.3 Å². The second kappa shape index (κ2) is 12.6. The third kappa shape index (κ3) is 8.17. The van der Waals surface area contributed by atoms with Gasteiger partial charge in [0.25, 0.3) is 0 Å². The molecule has 0 bridgehead atoms. The van der Waals surface area contributed by atoms with E-state index in [-0.39, 0.29) is 29.9 Å². The molecular formula is C24H38N2O3. The van der Waals surface area contributed by atoms with Crippen molar-refractivity contribution >= 4 is 11.8 Å². The van der Waals surface area contributed by atoms with E-state index < -0.39 is 0 Å². The molecule has 1 unspecified atom stereocenters. The molecule has 0 aromatic heterocycles. The van der Waals surface area contributed by atoms with Crippen LogP contribution in [0.4, 0.5) is 0 Å². The molecule has 5 nitrogen and oxygen atoms in total. The van der Waals surface area contributed by atoms with E-state index in [1.165, 1.54) is 0 Å². The van der Waals surface area contributed by atoms with Gasteiger partial charge in [-0.2, -0.15) is 0 Å². The van der Waals surface area contributed by atoms with E-state index in [2.05, 4.69) is 29.3 Å². The normalized spacial score (nSPS) is 19.1. The Balaban J connectivity index is 1.78. The predicted octanol–water partition coefficient (Wildman–Crippen LogP) is 3.69. The number of carbonyl (C=O) groups excluding carboxylic acids is 2. The molecule has 0 spiro atoms. The van der Waals surface area contributed by atoms with Crippen LogP contribution in [0.5, 0.6) is 0 Å². The molecule has 29 heavy (non-hydrogen) atoms. The number of amides is 2. The number of rotatable bonds is 12. The SMILES string of the molecule is CNC(=O)CCCCCCN1C(=O)CCC[C@@H]1[C@@H](C)CC(O)Cc1ccccc1. The Morgan fingerprint density at radius 2 is 1.93 bits per heavy atom. The molecule has 1 aromatic rings. The summed E-state index contributed by atoms with van der Waals surface area (Å²) in [5.41, 5.74) is 1.15. The van der Waals surface area contributed by atoms with E-state index in [0.29, 0.717) is 19.3 Å². The zero-order valence-corrected chi connectivity index (χ0v) is 18.1. The first-order chi connectivity index (χ1) is 14.0. The minimum atomic E-state index is -0.379. The molecule has 1 aliphatic rings. The van der Waals surface area contributed by atoms with E-state index in [1.54, 1.807) is 7.05 Å². The number of benzene rings is 1. The number of hydrogen-bond acceptors (Lipinski definition) is 3. The molecule has 1 heterocycles. The van der Waals surface area contributed by atoms with Crippen molar-refractivity contribution in [3.63, 3.8) is 0 Å². The second-order valence-corrected chi connectivity index (χ2v) is 8.44. The van der Waals surface area contributed by atoms with Crippen LogP contribution >= 0.6 is 0 Å². The van der Waals surface area contributed by atoms with Crippen molar-refractivity contribution in [1.29, 1.82) is 0 Å². The largest absolute Gasteiger partial charge is 0.393 e. The van der Waals surface area contributed by atoms with Gasteiger partial charge in [0.1, 0.15) is 0 Å². The lowest BCUT2D eigenvalue weighted by molar-refractivity contribution is -0.138. The van der Waals surface area contributed by atoms with E-state index >= 15 is 0 Å². The highest BCUT2D eigenvalue weighted by Gasteiger charge is 2.32. The zero-order valence-electron chi connectivity index (χ0n) is 18.1. The average Bonchev–Trinajstić information content (AvgIpc) is 2.71. The van der Waals surface area contributed by atoms with Gasteiger partial charge in [0.05, 0.1) is 6.10 Å². The standard InChI is InChI=1S/C24H38N2O3/c1-19(17-21(27)18-20-11-6-5-7-12-20)22-13-10-15-24(29)26(22)16-9-4-3-8-14-23(28)25-2/h5-7,11-12,19,21-22,27H,3-4,8-10,13-18H2,1-2H3,(H,25,28)/t19-,21?,22+/m0/s1. The van der Waals surface area contributed by atoms with Gasteiger partial charge >= 0.3 is 0 Å². The first-order valence-electron chi connectivity index (χ1n) is 11.2. The van der Waals surface area contributed by atoms with Crippen LogP contribution in [-0.2, 0) is 16.0 Å². The third-order valence-corrected chi connectivity index (χ3v) is 6.06. The summed E-state index contributed by atoms with van der Waals surface area (Å²) in [5.74, 6) is 0.640. The minimum absolute atomic E-state index is 0.0964. The van der Waals surface area contributed by atoms with Crippen molar-refractivity contribution in [3.8, 4) is 0 Å². The Labute approximate surface area is 175 Å². The Kier molecular flexibility index (Phi) is 10.2. The van der Waals surface area contributed by atoms with Gasteiger partial charge < -0.3 is 15.3 Å². The summed E-state index contributed by atoms with van der Waals surface area (Å²) >= 11 is 0. The zero-order chi connectivity index (χ0) is 21.1. The lowest BCUT2D eigenvalue weighted by Gasteiger charge is -2.40. The molecule has 1 saturated heterocycles. The van der Waals surface area contributed by atoms with Crippen molar-refractivity contribution in [2.45, 2.75) is 83.3 Å². The molecule has 1 fully saturated rings. The third-order valence-electron chi connectivity index (χ3n) is 6.06. The fourth-order valence-corrected chi connectivity index (χ4v) is 4.43. The van der Waals surface area contributed by atoms with Crippen LogP contribution < -0.4 is 5.32 Å².